The van der Waals surface area contributed by atoms with E-state index in [0.29, 0.717) is 21.6 Å². The minimum absolute atomic E-state index is 0.155. The van der Waals surface area contributed by atoms with Crippen LogP contribution in [0.4, 0.5) is 5.82 Å². The van der Waals surface area contributed by atoms with Crippen molar-refractivity contribution in [2.75, 3.05) is 5.32 Å². The Labute approximate surface area is 127 Å². The molecule has 0 aliphatic heterocycles. The average Bonchev–Trinajstić information content (AvgIpc) is 2.38. The van der Waals surface area contributed by atoms with Gasteiger partial charge in [-0.25, -0.2) is 9.97 Å². The van der Waals surface area contributed by atoms with E-state index in [2.05, 4.69) is 15.3 Å². The van der Waals surface area contributed by atoms with E-state index >= 15 is 0 Å². The summed E-state index contributed by atoms with van der Waals surface area (Å²) in [5, 5.41) is 4.25. The van der Waals surface area contributed by atoms with E-state index in [1.54, 1.807) is 18.2 Å². The van der Waals surface area contributed by atoms with Crippen LogP contribution in [0.5, 0.6) is 0 Å². The number of aromatic nitrogens is 2. The van der Waals surface area contributed by atoms with Crippen LogP contribution >= 0.6 is 23.2 Å². The third-order valence-corrected chi connectivity index (χ3v) is 3.48. The minimum atomic E-state index is -0.203. The van der Waals surface area contributed by atoms with Gasteiger partial charge in [0.05, 0.1) is 6.04 Å². The van der Waals surface area contributed by atoms with E-state index in [-0.39, 0.29) is 11.8 Å². The summed E-state index contributed by atoms with van der Waals surface area (Å²) < 4.78 is 0. The second-order valence-electron chi connectivity index (χ2n) is 4.31. The topological polar surface area (TPSA) is 54.9 Å². The summed E-state index contributed by atoms with van der Waals surface area (Å²) >= 11 is 12.3. The molecule has 0 spiro atoms. The Morgan fingerprint density at radius 3 is 2.40 bits per heavy atom. The number of nitrogens with one attached hydrogen (secondary N) is 1. The second kappa shape index (κ2) is 6.20. The van der Waals surface area contributed by atoms with Crippen molar-refractivity contribution in [1.29, 1.82) is 0 Å². The van der Waals surface area contributed by atoms with Crippen molar-refractivity contribution in [3.8, 4) is 0 Å². The average molecular weight is 310 g/mol. The van der Waals surface area contributed by atoms with Gasteiger partial charge in [-0.1, -0.05) is 29.3 Å². The summed E-state index contributed by atoms with van der Waals surface area (Å²) in [7, 11) is 0. The number of halogens is 2. The van der Waals surface area contributed by atoms with E-state index in [1.165, 1.54) is 19.3 Å². The molecule has 0 radical (unpaired) electrons. The normalized spacial score (nSPS) is 12.0. The Morgan fingerprint density at radius 2 is 1.80 bits per heavy atom. The van der Waals surface area contributed by atoms with Crippen LogP contribution in [-0.2, 0) is 0 Å². The maximum atomic E-state index is 11.5. The first-order valence-corrected chi connectivity index (χ1v) is 6.78. The van der Waals surface area contributed by atoms with Gasteiger partial charge in [-0.2, -0.15) is 0 Å². The Balaban J connectivity index is 2.33. The summed E-state index contributed by atoms with van der Waals surface area (Å²) in [6.07, 6.45) is 3.00. The van der Waals surface area contributed by atoms with Gasteiger partial charge >= 0.3 is 0 Å². The molecule has 2 aromatic rings. The van der Waals surface area contributed by atoms with Gasteiger partial charge in [0.1, 0.15) is 5.69 Å². The predicted octanol–water partition coefficient (Wildman–Crippen LogP) is 4.16. The third-order valence-electron chi connectivity index (χ3n) is 2.82. The monoisotopic (exact) mass is 309 g/mol. The van der Waals surface area contributed by atoms with Crippen molar-refractivity contribution in [3.63, 3.8) is 0 Å². The molecule has 0 saturated carbocycles. The molecule has 1 atom stereocenters. The number of rotatable bonds is 4. The molecule has 1 unspecified atom stereocenters. The molecule has 0 aliphatic carbocycles. The summed E-state index contributed by atoms with van der Waals surface area (Å²) in [5.74, 6) is 0.265. The molecule has 1 heterocycles. The van der Waals surface area contributed by atoms with Gasteiger partial charge < -0.3 is 5.32 Å². The molecular formula is C14H13Cl2N3O. The van der Waals surface area contributed by atoms with Crippen LogP contribution in [0.25, 0.3) is 0 Å². The molecular weight excluding hydrogens is 297 g/mol. The number of benzene rings is 1. The molecule has 1 N–H and O–H groups in total. The van der Waals surface area contributed by atoms with E-state index < -0.39 is 0 Å². The highest BCUT2D eigenvalue weighted by atomic mass is 35.5. The van der Waals surface area contributed by atoms with E-state index in [4.69, 9.17) is 23.2 Å². The lowest BCUT2D eigenvalue weighted by atomic mass is 10.1. The maximum Gasteiger partial charge on any atom is 0.181 e. The summed E-state index contributed by atoms with van der Waals surface area (Å²) in [4.78, 5) is 19.7. The number of hydrogen-bond donors (Lipinski definition) is 1. The fraction of sp³-hybridized carbons (Fsp3) is 0.214. The predicted molar refractivity (Wildman–Crippen MR) is 80.5 cm³/mol. The molecule has 4 nitrogen and oxygen atoms in total. The van der Waals surface area contributed by atoms with Crippen molar-refractivity contribution >= 4 is 34.8 Å². The van der Waals surface area contributed by atoms with Gasteiger partial charge in [-0.15, -0.1) is 0 Å². The number of hydrogen-bond acceptors (Lipinski definition) is 4. The van der Waals surface area contributed by atoms with Crippen LogP contribution in [-0.4, -0.2) is 15.8 Å². The number of anilines is 1. The van der Waals surface area contributed by atoms with Gasteiger partial charge in [0.15, 0.2) is 11.6 Å². The lowest BCUT2D eigenvalue weighted by molar-refractivity contribution is 0.101. The van der Waals surface area contributed by atoms with Crippen molar-refractivity contribution < 1.29 is 4.79 Å². The fourth-order valence-corrected chi connectivity index (χ4v) is 2.63. The third kappa shape index (κ3) is 3.08. The van der Waals surface area contributed by atoms with Crippen molar-refractivity contribution in [1.82, 2.24) is 9.97 Å². The van der Waals surface area contributed by atoms with Gasteiger partial charge in [0.25, 0.3) is 0 Å². The number of Topliss-reactive ketones (excluding diaryl/α,β-unsaturated/α-hetero) is 1. The molecule has 1 aromatic carbocycles. The lowest BCUT2D eigenvalue weighted by Gasteiger charge is -2.18. The molecule has 0 bridgehead atoms. The molecule has 6 heteroatoms. The maximum absolute atomic E-state index is 11.5. The summed E-state index contributed by atoms with van der Waals surface area (Å²) in [6, 6.07) is 5.11. The first kappa shape index (κ1) is 14.8. The Hall–Kier alpha value is -1.65. The number of carbonyl (C=O) groups is 1. The molecule has 0 amide bonds. The highest BCUT2D eigenvalue weighted by molar-refractivity contribution is 6.36. The standard InChI is InChI=1S/C14H13Cl2N3O/c1-8(12-10(15)4-3-5-11(12)16)19-14-13(9(2)20)17-6-7-18-14/h3-8H,1-2H3,(H,18,19). The lowest BCUT2D eigenvalue weighted by Crippen LogP contribution is -2.13. The fourth-order valence-electron chi connectivity index (χ4n) is 1.90. The highest BCUT2D eigenvalue weighted by Crippen LogP contribution is 2.32. The molecule has 20 heavy (non-hydrogen) atoms. The first-order chi connectivity index (χ1) is 9.50. The second-order valence-corrected chi connectivity index (χ2v) is 5.13. The SMILES string of the molecule is CC(=O)c1nccnc1NC(C)c1c(Cl)cccc1Cl. The zero-order valence-electron chi connectivity index (χ0n) is 11.0. The highest BCUT2D eigenvalue weighted by Gasteiger charge is 2.17. The summed E-state index contributed by atoms with van der Waals surface area (Å²) in [6.45, 7) is 3.34. The van der Waals surface area contributed by atoms with Gasteiger partial charge in [0, 0.05) is 34.9 Å². The van der Waals surface area contributed by atoms with E-state index in [9.17, 15) is 4.79 Å². The van der Waals surface area contributed by atoms with Crippen LogP contribution in [0, 0.1) is 0 Å². The Bertz CT molecular complexity index is 626. The zero-order valence-corrected chi connectivity index (χ0v) is 12.5. The number of carbonyl (C=O) groups excluding carboxylic acids is 1. The quantitative estimate of drug-likeness (QED) is 0.862. The summed E-state index contributed by atoms with van der Waals surface area (Å²) in [5.41, 5.74) is 1.05. The van der Waals surface area contributed by atoms with E-state index in [0.717, 1.165) is 5.56 Å². The van der Waals surface area contributed by atoms with Gasteiger partial charge in [-0.3, -0.25) is 4.79 Å². The Morgan fingerprint density at radius 1 is 1.20 bits per heavy atom. The molecule has 2 rings (SSSR count). The number of ketones is 1. The van der Waals surface area contributed by atoms with Gasteiger partial charge in [-0.05, 0) is 19.1 Å². The zero-order chi connectivity index (χ0) is 14.7. The molecule has 0 saturated heterocycles. The first-order valence-electron chi connectivity index (χ1n) is 6.03. The Kier molecular flexibility index (Phi) is 4.57. The molecule has 0 fully saturated rings. The van der Waals surface area contributed by atoms with E-state index in [1.807, 2.05) is 6.92 Å². The van der Waals surface area contributed by atoms with Crippen LogP contribution in [0.15, 0.2) is 30.6 Å². The van der Waals surface area contributed by atoms with Crippen LogP contribution in [0.2, 0.25) is 10.0 Å². The van der Waals surface area contributed by atoms with Crippen LogP contribution in [0.3, 0.4) is 0 Å². The van der Waals surface area contributed by atoms with Crippen molar-refractivity contribution in [2.24, 2.45) is 0 Å². The molecule has 0 aliphatic rings. The largest absolute Gasteiger partial charge is 0.362 e. The minimum Gasteiger partial charge on any atom is -0.362 e. The number of nitrogens with zero attached hydrogens (tertiary/aromatic N) is 2. The van der Waals surface area contributed by atoms with Crippen LogP contribution < -0.4 is 5.32 Å². The van der Waals surface area contributed by atoms with Crippen LogP contribution in [0.1, 0.15) is 35.9 Å². The molecule has 104 valence electrons. The van der Waals surface area contributed by atoms with Gasteiger partial charge in [0.2, 0.25) is 0 Å². The van der Waals surface area contributed by atoms with Crippen molar-refractivity contribution in [2.45, 2.75) is 19.9 Å². The molecule has 1 aromatic heterocycles. The smallest absolute Gasteiger partial charge is 0.181 e. The van der Waals surface area contributed by atoms with Crippen molar-refractivity contribution in [3.05, 3.63) is 51.9 Å².